The van der Waals surface area contributed by atoms with E-state index >= 15 is 0 Å². The molecular weight excluding hydrogens is 148 g/mol. The van der Waals surface area contributed by atoms with Gasteiger partial charge in [-0.1, -0.05) is 6.92 Å². The molecule has 1 aliphatic heterocycles. The van der Waals surface area contributed by atoms with E-state index in [2.05, 4.69) is 12.7 Å². The van der Waals surface area contributed by atoms with Gasteiger partial charge in [0.15, 0.2) is 0 Å². The Hall–Kier alpha value is -0.0800. The average Bonchev–Trinajstić information content (AvgIpc) is 2.09. The molecule has 0 amide bonds. The largest absolute Gasteiger partial charge is 0.358 e. The quantitative estimate of drug-likeness (QED) is 0.527. The van der Waals surface area contributed by atoms with Crippen LogP contribution in [-0.2, 0) is 0 Å². The summed E-state index contributed by atoms with van der Waals surface area (Å²) in [6, 6.07) is 0. The van der Waals surface area contributed by atoms with Gasteiger partial charge in [0.05, 0.1) is 26.2 Å². The molecule has 2 nitrogen and oxygen atoms in total. The predicted octanol–water partition coefficient (Wildman–Crippen LogP) is -0.677. The highest BCUT2D eigenvalue weighted by molar-refractivity contribution is 4.55. The van der Waals surface area contributed by atoms with Crippen molar-refractivity contribution in [2.24, 2.45) is 5.92 Å². The number of piperidine rings is 1. The van der Waals surface area contributed by atoms with Gasteiger partial charge in [-0.15, -0.1) is 0 Å². The standard InChI is InChI=1S/C10H22N2/c1-10-4-8-12(9-5-10)7-3-2-6-11/h10H,2-9,11H2,1H3/p+2. The number of likely N-dealkylation sites (tertiary alicyclic amines) is 1. The zero-order valence-electron chi connectivity index (χ0n) is 8.44. The second kappa shape index (κ2) is 5.55. The number of nitrogens with one attached hydrogen (secondary N) is 1. The number of quaternary nitrogens is 2. The van der Waals surface area contributed by atoms with E-state index in [9.17, 15) is 0 Å². The van der Waals surface area contributed by atoms with Gasteiger partial charge in [-0.2, -0.15) is 0 Å². The Morgan fingerprint density at radius 3 is 2.50 bits per heavy atom. The summed E-state index contributed by atoms with van der Waals surface area (Å²) < 4.78 is 0. The maximum absolute atomic E-state index is 3.87. The van der Waals surface area contributed by atoms with E-state index in [4.69, 9.17) is 0 Å². The fourth-order valence-corrected chi connectivity index (χ4v) is 1.97. The minimum atomic E-state index is 0.988. The average molecular weight is 172 g/mol. The van der Waals surface area contributed by atoms with Crippen LogP contribution in [0.25, 0.3) is 0 Å². The zero-order valence-corrected chi connectivity index (χ0v) is 8.44. The molecule has 0 aromatic heterocycles. The van der Waals surface area contributed by atoms with Crippen LogP contribution in [-0.4, -0.2) is 26.2 Å². The van der Waals surface area contributed by atoms with E-state index in [0.717, 1.165) is 12.5 Å². The SMILES string of the molecule is CC1CC[NH+](CCCC[NH3+])CC1. The molecule has 0 bridgehead atoms. The molecule has 0 aliphatic carbocycles. The van der Waals surface area contributed by atoms with Crippen molar-refractivity contribution in [2.45, 2.75) is 32.6 Å². The predicted molar refractivity (Wildman–Crippen MR) is 51.0 cm³/mol. The maximum atomic E-state index is 3.87. The number of hydrogen-bond donors (Lipinski definition) is 2. The summed E-state index contributed by atoms with van der Waals surface area (Å²) in [6.45, 7) is 7.72. The molecule has 0 aromatic carbocycles. The minimum absolute atomic E-state index is 0.988. The highest BCUT2D eigenvalue weighted by Crippen LogP contribution is 2.06. The van der Waals surface area contributed by atoms with Crippen LogP contribution in [0.3, 0.4) is 0 Å². The van der Waals surface area contributed by atoms with Crippen LogP contribution in [0.4, 0.5) is 0 Å². The Bertz CT molecular complexity index is 106. The molecule has 0 unspecified atom stereocenters. The van der Waals surface area contributed by atoms with Gasteiger partial charge in [-0.3, -0.25) is 0 Å². The monoisotopic (exact) mass is 172 g/mol. The van der Waals surface area contributed by atoms with Gasteiger partial charge < -0.3 is 10.6 Å². The van der Waals surface area contributed by atoms with Crippen molar-refractivity contribution >= 4 is 0 Å². The fraction of sp³-hybridized carbons (Fsp3) is 1.00. The first-order valence-corrected chi connectivity index (χ1v) is 5.45. The van der Waals surface area contributed by atoms with Crippen LogP contribution >= 0.6 is 0 Å². The van der Waals surface area contributed by atoms with Gasteiger partial charge in [0.25, 0.3) is 0 Å². The summed E-state index contributed by atoms with van der Waals surface area (Å²) in [6.07, 6.45) is 5.59. The minimum Gasteiger partial charge on any atom is -0.358 e. The molecule has 0 saturated carbocycles. The van der Waals surface area contributed by atoms with Crippen LogP contribution in [0.15, 0.2) is 0 Å². The second-order valence-corrected chi connectivity index (χ2v) is 4.24. The van der Waals surface area contributed by atoms with E-state index in [0.29, 0.717) is 0 Å². The van der Waals surface area contributed by atoms with Crippen LogP contribution in [0, 0.1) is 5.92 Å². The third-order valence-corrected chi connectivity index (χ3v) is 3.01. The molecule has 1 aliphatic rings. The van der Waals surface area contributed by atoms with Crippen LogP contribution in [0.5, 0.6) is 0 Å². The molecule has 1 fully saturated rings. The van der Waals surface area contributed by atoms with E-state index in [1.165, 1.54) is 45.3 Å². The normalized spacial score (nSPS) is 30.5. The lowest BCUT2D eigenvalue weighted by Crippen LogP contribution is -3.13. The third-order valence-electron chi connectivity index (χ3n) is 3.01. The fourth-order valence-electron chi connectivity index (χ4n) is 1.97. The highest BCUT2D eigenvalue weighted by Gasteiger charge is 2.17. The molecule has 12 heavy (non-hydrogen) atoms. The molecule has 2 heteroatoms. The van der Waals surface area contributed by atoms with Gasteiger partial charge in [0.2, 0.25) is 0 Å². The summed E-state index contributed by atoms with van der Waals surface area (Å²) >= 11 is 0. The summed E-state index contributed by atoms with van der Waals surface area (Å²) in [5.74, 6) is 0.988. The van der Waals surface area contributed by atoms with Crippen LogP contribution in [0.2, 0.25) is 0 Å². The van der Waals surface area contributed by atoms with Gasteiger partial charge in [-0.05, 0) is 18.8 Å². The van der Waals surface area contributed by atoms with Gasteiger partial charge in [0, 0.05) is 12.8 Å². The van der Waals surface area contributed by atoms with Gasteiger partial charge in [0.1, 0.15) is 0 Å². The van der Waals surface area contributed by atoms with E-state index < -0.39 is 0 Å². The molecule has 1 rings (SSSR count). The molecule has 0 aromatic rings. The topological polar surface area (TPSA) is 32.1 Å². The molecule has 1 heterocycles. The van der Waals surface area contributed by atoms with Crippen molar-refractivity contribution in [2.75, 3.05) is 26.2 Å². The van der Waals surface area contributed by atoms with E-state index in [1.807, 2.05) is 4.90 Å². The second-order valence-electron chi connectivity index (χ2n) is 4.24. The lowest BCUT2D eigenvalue weighted by Gasteiger charge is -2.27. The molecule has 0 radical (unpaired) electrons. The maximum Gasteiger partial charge on any atom is 0.0773 e. The molecular formula is C10H24N2+2. The van der Waals surface area contributed by atoms with Crippen molar-refractivity contribution in [3.05, 3.63) is 0 Å². The molecule has 1 saturated heterocycles. The number of unbranched alkanes of at least 4 members (excludes halogenated alkanes) is 1. The van der Waals surface area contributed by atoms with Crippen molar-refractivity contribution < 1.29 is 10.6 Å². The first-order chi connectivity index (χ1) is 5.83. The Balaban J connectivity index is 2.01. The molecule has 4 N–H and O–H groups in total. The molecule has 0 spiro atoms. The lowest BCUT2D eigenvalue weighted by molar-refractivity contribution is -0.906. The van der Waals surface area contributed by atoms with Gasteiger partial charge >= 0.3 is 0 Å². The first kappa shape index (κ1) is 10.0. The Kier molecular flexibility index (Phi) is 4.62. The van der Waals surface area contributed by atoms with Crippen LogP contribution < -0.4 is 10.6 Å². The highest BCUT2D eigenvalue weighted by atomic mass is 15.1. The van der Waals surface area contributed by atoms with Crippen molar-refractivity contribution in [3.8, 4) is 0 Å². The molecule has 0 atom stereocenters. The third kappa shape index (κ3) is 3.55. The lowest BCUT2D eigenvalue weighted by atomic mass is 9.99. The van der Waals surface area contributed by atoms with Crippen LogP contribution in [0.1, 0.15) is 32.6 Å². The van der Waals surface area contributed by atoms with Crippen molar-refractivity contribution in [1.29, 1.82) is 0 Å². The van der Waals surface area contributed by atoms with Crippen molar-refractivity contribution in [3.63, 3.8) is 0 Å². The summed E-state index contributed by atoms with van der Waals surface area (Å²) in [4.78, 5) is 1.83. The summed E-state index contributed by atoms with van der Waals surface area (Å²) in [5, 5.41) is 0. The number of rotatable bonds is 4. The molecule has 72 valence electrons. The van der Waals surface area contributed by atoms with Gasteiger partial charge in [-0.25, -0.2) is 0 Å². The van der Waals surface area contributed by atoms with Crippen molar-refractivity contribution in [1.82, 2.24) is 0 Å². The Morgan fingerprint density at radius 2 is 1.92 bits per heavy atom. The Morgan fingerprint density at radius 1 is 1.25 bits per heavy atom. The smallest absolute Gasteiger partial charge is 0.0773 e. The number of hydrogen-bond acceptors (Lipinski definition) is 0. The zero-order chi connectivity index (χ0) is 8.81. The van der Waals surface area contributed by atoms with E-state index in [1.54, 1.807) is 0 Å². The summed E-state index contributed by atoms with van der Waals surface area (Å²) in [5.41, 5.74) is 3.87. The first-order valence-electron chi connectivity index (χ1n) is 5.45. The van der Waals surface area contributed by atoms with E-state index in [-0.39, 0.29) is 0 Å². The summed E-state index contributed by atoms with van der Waals surface area (Å²) in [7, 11) is 0. The Labute approximate surface area is 76.1 Å².